The molecule has 1 amide bonds. The molecule has 2 atom stereocenters. The number of hydrogen-bond acceptors (Lipinski definition) is 5. The number of carboxylic acids is 1. The van der Waals surface area contributed by atoms with E-state index < -0.39 is 12.0 Å². The van der Waals surface area contributed by atoms with E-state index in [9.17, 15) is 14.4 Å². The van der Waals surface area contributed by atoms with Crippen LogP contribution < -0.4 is 5.73 Å². The lowest BCUT2D eigenvalue weighted by atomic mass is 9.99. The number of carbonyl (C=O) groups excluding carboxylic acids is 2. The van der Waals surface area contributed by atoms with E-state index in [1.807, 2.05) is 43.0 Å². The predicted octanol–water partition coefficient (Wildman–Crippen LogP) is 2.89. The Hall–Kier alpha value is -2.65. The Labute approximate surface area is 194 Å². The van der Waals surface area contributed by atoms with Crippen LogP contribution in [-0.4, -0.2) is 62.9 Å². The first-order valence-electron chi connectivity index (χ1n) is 10.9. The van der Waals surface area contributed by atoms with Crippen LogP contribution >= 0.6 is 15.9 Å². The maximum Gasteiger partial charge on any atom is 0.303 e. The van der Waals surface area contributed by atoms with E-state index in [1.165, 1.54) is 0 Å². The molecule has 3 N–H and O–H groups in total. The van der Waals surface area contributed by atoms with E-state index in [0.29, 0.717) is 30.8 Å². The summed E-state index contributed by atoms with van der Waals surface area (Å²) in [7, 11) is 0. The number of carbonyl (C=O) groups is 3. The van der Waals surface area contributed by atoms with Crippen LogP contribution in [0.1, 0.15) is 42.6 Å². The van der Waals surface area contributed by atoms with Crippen molar-refractivity contribution in [3.8, 4) is 0 Å². The molecule has 0 fully saturated rings. The number of fused-ring (bicyclic) bond motifs is 2. The number of nitrogens with two attached hydrogens (primary N) is 1. The van der Waals surface area contributed by atoms with Crippen molar-refractivity contribution in [2.75, 3.05) is 19.6 Å². The highest BCUT2D eigenvalue weighted by molar-refractivity contribution is 9.10. The molecular formula is C23H27BrN4O4. The number of hydrogen-bond donors (Lipinski definition) is 2. The number of aromatic nitrogens is 1. The number of benzene rings is 1. The Morgan fingerprint density at radius 1 is 1.28 bits per heavy atom. The van der Waals surface area contributed by atoms with Gasteiger partial charge < -0.3 is 20.6 Å². The van der Waals surface area contributed by atoms with Gasteiger partial charge in [-0.25, -0.2) is 0 Å². The van der Waals surface area contributed by atoms with E-state index in [-0.39, 0.29) is 30.6 Å². The summed E-state index contributed by atoms with van der Waals surface area (Å²) in [6.45, 7) is 6.52. The fourth-order valence-electron chi connectivity index (χ4n) is 4.73. The lowest BCUT2D eigenvalue weighted by Gasteiger charge is -2.28. The third kappa shape index (κ3) is 3.63. The topological polar surface area (TPSA) is 109 Å². The Balaban J connectivity index is 1.73. The van der Waals surface area contributed by atoms with Crippen molar-refractivity contribution in [1.82, 2.24) is 14.4 Å². The van der Waals surface area contributed by atoms with Crippen molar-refractivity contribution in [2.45, 2.75) is 39.3 Å². The van der Waals surface area contributed by atoms with Gasteiger partial charge in [0, 0.05) is 54.8 Å². The van der Waals surface area contributed by atoms with Gasteiger partial charge in [-0.1, -0.05) is 12.1 Å². The highest BCUT2D eigenvalue weighted by Crippen LogP contribution is 2.44. The average Bonchev–Trinajstić information content (AvgIpc) is 3.33. The molecule has 0 saturated carbocycles. The van der Waals surface area contributed by atoms with Crippen LogP contribution in [0.2, 0.25) is 0 Å². The second-order valence-electron chi connectivity index (χ2n) is 8.23. The van der Waals surface area contributed by atoms with Crippen molar-refractivity contribution >= 4 is 50.3 Å². The van der Waals surface area contributed by atoms with Gasteiger partial charge >= 0.3 is 5.97 Å². The Morgan fingerprint density at radius 3 is 2.66 bits per heavy atom. The number of nitrogens with zero attached hydrogens (tertiary/aromatic N) is 3. The third-order valence-corrected chi connectivity index (χ3v) is 7.20. The first-order chi connectivity index (χ1) is 15.3. The van der Waals surface area contributed by atoms with Gasteiger partial charge in [-0.15, -0.1) is 0 Å². The maximum absolute atomic E-state index is 13.1. The SMILES string of the molecule is CCN(CC)C(=O)C1C=C2c3cccc4c3c(c(Br)n4C(=O)C(N)CCC(=O)O)CN2C1. The van der Waals surface area contributed by atoms with Crippen LogP contribution in [0.3, 0.4) is 0 Å². The zero-order chi connectivity index (χ0) is 23.2. The third-order valence-electron chi connectivity index (χ3n) is 6.37. The molecule has 0 aliphatic carbocycles. The summed E-state index contributed by atoms with van der Waals surface area (Å²) in [5.41, 5.74) is 9.76. The van der Waals surface area contributed by atoms with Gasteiger partial charge in [0.15, 0.2) is 0 Å². The Morgan fingerprint density at radius 2 is 2.00 bits per heavy atom. The first-order valence-corrected chi connectivity index (χ1v) is 11.7. The van der Waals surface area contributed by atoms with Crippen LogP contribution in [0.5, 0.6) is 0 Å². The van der Waals surface area contributed by atoms with Crippen LogP contribution in [-0.2, 0) is 16.1 Å². The summed E-state index contributed by atoms with van der Waals surface area (Å²) < 4.78 is 2.19. The van der Waals surface area contributed by atoms with E-state index in [4.69, 9.17) is 10.8 Å². The minimum Gasteiger partial charge on any atom is -0.481 e. The van der Waals surface area contributed by atoms with Gasteiger partial charge in [0.2, 0.25) is 11.8 Å². The fourth-order valence-corrected chi connectivity index (χ4v) is 5.42. The molecule has 4 rings (SSSR count). The lowest BCUT2D eigenvalue weighted by molar-refractivity contribution is -0.137. The van der Waals surface area contributed by atoms with Crippen molar-refractivity contribution in [3.63, 3.8) is 0 Å². The molecule has 1 aromatic heterocycles. The van der Waals surface area contributed by atoms with Crippen LogP contribution in [0.25, 0.3) is 16.6 Å². The summed E-state index contributed by atoms with van der Waals surface area (Å²) in [6, 6.07) is 4.87. The van der Waals surface area contributed by atoms with E-state index in [0.717, 1.165) is 27.7 Å². The zero-order valence-electron chi connectivity index (χ0n) is 18.2. The average molecular weight is 503 g/mol. The van der Waals surface area contributed by atoms with Gasteiger partial charge in [-0.3, -0.25) is 19.0 Å². The van der Waals surface area contributed by atoms with Crippen LogP contribution in [0, 0.1) is 5.92 Å². The minimum absolute atomic E-state index is 0.0712. The summed E-state index contributed by atoms with van der Waals surface area (Å²) in [4.78, 5) is 41.0. The predicted molar refractivity (Wildman–Crippen MR) is 125 cm³/mol. The zero-order valence-corrected chi connectivity index (χ0v) is 19.8. The van der Waals surface area contributed by atoms with Crippen molar-refractivity contribution < 1.29 is 19.5 Å². The van der Waals surface area contributed by atoms with Crippen LogP contribution in [0.4, 0.5) is 0 Å². The van der Waals surface area contributed by atoms with Crippen molar-refractivity contribution in [3.05, 3.63) is 40.0 Å². The lowest BCUT2D eigenvalue weighted by Crippen LogP contribution is -2.37. The highest BCUT2D eigenvalue weighted by atomic mass is 79.9. The number of rotatable bonds is 7. The molecular weight excluding hydrogens is 476 g/mol. The van der Waals surface area contributed by atoms with Gasteiger partial charge in [0.05, 0.1) is 22.1 Å². The standard InChI is InChI=1S/C23H27BrN4O4/c1-3-26(4-2)22(31)13-10-18-14-6-5-7-17-20(14)15(12-27(18)11-13)21(24)28(17)23(32)16(25)8-9-19(29)30/h5-7,10,13,16H,3-4,8-9,11-12,25H2,1-2H3,(H,29,30). The number of halogens is 1. The monoisotopic (exact) mass is 502 g/mol. The first kappa shape index (κ1) is 22.5. The van der Waals surface area contributed by atoms with Gasteiger partial charge in [0.1, 0.15) is 0 Å². The number of aliphatic carboxylic acids is 1. The quantitative estimate of drug-likeness (QED) is 0.602. The van der Waals surface area contributed by atoms with Gasteiger partial charge in [0.25, 0.3) is 0 Å². The second kappa shape index (κ2) is 8.71. The molecule has 1 aromatic carbocycles. The highest BCUT2D eigenvalue weighted by Gasteiger charge is 2.37. The molecule has 9 heteroatoms. The smallest absolute Gasteiger partial charge is 0.303 e. The molecule has 2 unspecified atom stereocenters. The Bertz CT molecular complexity index is 1130. The van der Waals surface area contributed by atoms with Crippen LogP contribution in [0.15, 0.2) is 28.9 Å². The summed E-state index contributed by atoms with van der Waals surface area (Å²) in [5, 5.41) is 9.89. The van der Waals surface area contributed by atoms with Gasteiger partial charge in [-0.2, -0.15) is 0 Å². The molecule has 0 radical (unpaired) electrons. The van der Waals surface area contributed by atoms with Crippen molar-refractivity contribution in [2.24, 2.45) is 11.7 Å². The summed E-state index contributed by atoms with van der Waals surface area (Å²) in [6.07, 6.45) is 1.95. The van der Waals surface area contributed by atoms with E-state index in [1.54, 1.807) is 4.57 Å². The molecule has 3 heterocycles. The molecule has 0 saturated heterocycles. The minimum atomic E-state index is -0.980. The van der Waals surface area contributed by atoms with E-state index >= 15 is 0 Å². The number of amides is 1. The summed E-state index contributed by atoms with van der Waals surface area (Å²) >= 11 is 3.61. The molecule has 32 heavy (non-hydrogen) atoms. The largest absolute Gasteiger partial charge is 0.481 e. The molecule has 0 bridgehead atoms. The van der Waals surface area contributed by atoms with E-state index in [2.05, 4.69) is 20.8 Å². The molecule has 170 valence electrons. The maximum atomic E-state index is 13.1. The molecule has 8 nitrogen and oxygen atoms in total. The Kier molecular flexibility index (Phi) is 6.13. The molecule has 2 aliphatic rings. The van der Waals surface area contributed by atoms with Gasteiger partial charge in [-0.05, 0) is 48.3 Å². The molecule has 0 spiro atoms. The second-order valence-corrected chi connectivity index (χ2v) is 8.98. The fraction of sp³-hybridized carbons (Fsp3) is 0.435. The molecule has 2 aromatic rings. The normalized spacial score (nSPS) is 17.8. The summed E-state index contributed by atoms with van der Waals surface area (Å²) in [5.74, 6) is -1.37. The van der Waals surface area contributed by atoms with Crippen molar-refractivity contribution in [1.29, 1.82) is 0 Å². The number of carboxylic acid groups (broad SMARTS) is 1. The molecule has 2 aliphatic heterocycles.